The van der Waals surface area contributed by atoms with Crippen LogP contribution in [0.15, 0.2) is 30.3 Å². The first-order chi connectivity index (χ1) is 15.6. The van der Waals surface area contributed by atoms with Gasteiger partial charge in [0, 0.05) is 19.2 Å². The van der Waals surface area contributed by atoms with E-state index in [1.54, 1.807) is 0 Å². The molecule has 33 heavy (non-hydrogen) atoms. The number of ether oxygens (including phenoxy) is 1. The number of hydrogen-bond donors (Lipinski definition) is 1. The smallest absolute Gasteiger partial charge is 0.267 e. The summed E-state index contributed by atoms with van der Waals surface area (Å²) in [5.74, 6) is -1.07. The third-order valence-corrected chi connectivity index (χ3v) is 6.84. The SMILES string of the molecule is Cc1ccc(CN2CCC[C@@H](Oc3cc(F)c(C(=O)NS(C)(=O)=O)cc3C3CC3)C2)c(C)c1. The molecule has 1 saturated carbocycles. The molecule has 0 unspecified atom stereocenters. The van der Waals surface area contributed by atoms with Crippen LogP contribution in [0, 0.1) is 19.7 Å². The molecule has 1 aliphatic carbocycles. The van der Waals surface area contributed by atoms with Crippen molar-refractivity contribution in [3.63, 3.8) is 0 Å². The molecule has 2 fully saturated rings. The van der Waals surface area contributed by atoms with Gasteiger partial charge in [0.15, 0.2) is 0 Å². The number of rotatable bonds is 7. The Hall–Kier alpha value is -2.45. The second-order valence-electron chi connectivity index (χ2n) is 9.39. The van der Waals surface area contributed by atoms with Gasteiger partial charge in [-0.25, -0.2) is 17.5 Å². The number of carbonyl (C=O) groups excluding carboxylic acids is 1. The summed E-state index contributed by atoms with van der Waals surface area (Å²) in [6.45, 7) is 6.80. The van der Waals surface area contributed by atoms with Crippen LogP contribution in [0.5, 0.6) is 5.75 Å². The zero-order chi connectivity index (χ0) is 23.8. The fourth-order valence-electron chi connectivity index (χ4n) is 4.48. The second-order valence-corrected chi connectivity index (χ2v) is 11.1. The summed E-state index contributed by atoms with van der Waals surface area (Å²) in [6.07, 6.45) is 4.56. The van der Waals surface area contributed by atoms with E-state index in [0.717, 1.165) is 57.1 Å². The Morgan fingerprint density at radius 2 is 1.94 bits per heavy atom. The van der Waals surface area contributed by atoms with Crippen LogP contribution in [-0.2, 0) is 16.6 Å². The standard InChI is InChI=1S/C25H31FN2O4S/c1-16-6-7-19(17(2)11-16)14-28-10-4-5-20(15-28)32-24-13-23(26)22(12-21(24)18-8-9-18)25(29)27-33(3,30)31/h6-7,11-13,18,20H,4-5,8-10,14-15H2,1-3H3,(H,27,29)/t20-/m1/s1. The molecule has 0 bridgehead atoms. The molecule has 4 rings (SSSR count). The highest BCUT2D eigenvalue weighted by Gasteiger charge is 2.31. The summed E-state index contributed by atoms with van der Waals surface area (Å²) in [5, 5.41) is 0. The fraction of sp³-hybridized carbons (Fsp3) is 0.480. The fourth-order valence-corrected chi connectivity index (χ4v) is 4.93. The number of amides is 1. The summed E-state index contributed by atoms with van der Waals surface area (Å²) in [4.78, 5) is 14.6. The van der Waals surface area contributed by atoms with E-state index in [1.807, 2.05) is 4.72 Å². The number of carbonyl (C=O) groups is 1. The molecule has 1 atom stereocenters. The summed E-state index contributed by atoms with van der Waals surface area (Å²) >= 11 is 0. The van der Waals surface area contributed by atoms with Crippen molar-refractivity contribution in [3.05, 3.63) is 64.0 Å². The van der Waals surface area contributed by atoms with Crippen LogP contribution in [0.1, 0.15) is 64.2 Å². The Bertz CT molecular complexity index is 1160. The first-order valence-corrected chi connectivity index (χ1v) is 13.3. The molecule has 1 saturated heterocycles. The normalized spacial score (nSPS) is 19.3. The van der Waals surface area contributed by atoms with E-state index < -0.39 is 21.7 Å². The van der Waals surface area contributed by atoms with E-state index in [9.17, 15) is 17.6 Å². The summed E-state index contributed by atoms with van der Waals surface area (Å²) in [6, 6.07) is 9.20. The monoisotopic (exact) mass is 474 g/mol. The van der Waals surface area contributed by atoms with E-state index in [0.29, 0.717) is 5.75 Å². The van der Waals surface area contributed by atoms with E-state index >= 15 is 0 Å². The lowest BCUT2D eigenvalue weighted by atomic mass is 10.0. The van der Waals surface area contributed by atoms with Crippen LogP contribution in [0.3, 0.4) is 0 Å². The van der Waals surface area contributed by atoms with Crippen molar-refractivity contribution in [3.8, 4) is 5.75 Å². The molecule has 0 spiro atoms. The highest BCUT2D eigenvalue weighted by atomic mass is 32.2. The maximum Gasteiger partial charge on any atom is 0.267 e. The molecular weight excluding hydrogens is 443 g/mol. The molecule has 1 N–H and O–H groups in total. The van der Waals surface area contributed by atoms with Crippen molar-refractivity contribution in [2.75, 3.05) is 19.3 Å². The molecule has 1 heterocycles. The van der Waals surface area contributed by atoms with Gasteiger partial charge in [0.1, 0.15) is 17.7 Å². The lowest BCUT2D eigenvalue weighted by molar-refractivity contribution is 0.0831. The van der Waals surface area contributed by atoms with Gasteiger partial charge in [0.25, 0.3) is 5.91 Å². The molecule has 2 aromatic rings. The van der Waals surface area contributed by atoms with Crippen LogP contribution < -0.4 is 9.46 Å². The Morgan fingerprint density at radius 1 is 1.18 bits per heavy atom. The summed E-state index contributed by atoms with van der Waals surface area (Å²) in [5.41, 5.74) is 4.34. The first kappa shape index (κ1) is 23.7. The minimum Gasteiger partial charge on any atom is -0.489 e. The molecule has 0 aromatic heterocycles. The van der Waals surface area contributed by atoms with Gasteiger partial charge < -0.3 is 4.74 Å². The molecule has 0 radical (unpaired) electrons. The lowest BCUT2D eigenvalue weighted by Gasteiger charge is -2.33. The van der Waals surface area contributed by atoms with Gasteiger partial charge in [-0.2, -0.15) is 0 Å². The number of hydrogen-bond acceptors (Lipinski definition) is 5. The molecule has 2 aliphatic rings. The molecule has 1 aliphatic heterocycles. The topological polar surface area (TPSA) is 75.7 Å². The molecule has 1 amide bonds. The minimum absolute atomic E-state index is 0.0721. The van der Waals surface area contributed by atoms with Gasteiger partial charge in [-0.05, 0) is 74.8 Å². The number of nitrogens with zero attached hydrogens (tertiary/aromatic N) is 1. The summed E-state index contributed by atoms with van der Waals surface area (Å²) in [7, 11) is -3.78. The van der Waals surface area contributed by atoms with Crippen molar-refractivity contribution < 1.29 is 22.3 Å². The van der Waals surface area contributed by atoms with Gasteiger partial charge >= 0.3 is 0 Å². The highest BCUT2D eigenvalue weighted by Crippen LogP contribution is 2.45. The van der Waals surface area contributed by atoms with E-state index in [4.69, 9.17) is 4.74 Å². The zero-order valence-corrected chi connectivity index (χ0v) is 20.2. The van der Waals surface area contributed by atoms with Gasteiger partial charge in [-0.3, -0.25) is 9.69 Å². The van der Waals surface area contributed by atoms with Crippen molar-refractivity contribution in [1.82, 2.24) is 9.62 Å². The van der Waals surface area contributed by atoms with Crippen LogP contribution in [-0.4, -0.2) is 44.7 Å². The number of sulfonamides is 1. The quantitative estimate of drug-likeness (QED) is 0.655. The number of benzene rings is 2. The maximum atomic E-state index is 14.8. The molecule has 8 heteroatoms. The minimum atomic E-state index is -3.78. The van der Waals surface area contributed by atoms with Crippen LogP contribution in [0.2, 0.25) is 0 Å². The van der Waals surface area contributed by atoms with Gasteiger partial charge in [-0.15, -0.1) is 0 Å². The first-order valence-electron chi connectivity index (χ1n) is 11.4. The van der Waals surface area contributed by atoms with Crippen LogP contribution in [0.4, 0.5) is 4.39 Å². The Kier molecular flexibility index (Phi) is 6.77. The van der Waals surface area contributed by atoms with Crippen molar-refractivity contribution >= 4 is 15.9 Å². The van der Waals surface area contributed by atoms with E-state index in [1.165, 1.54) is 28.8 Å². The number of piperidine rings is 1. The number of likely N-dealkylation sites (tertiary alicyclic amines) is 1. The number of nitrogens with one attached hydrogen (secondary N) is 1. The average molecular weight is 475 g/mol. The van der Waals surface area contributed by atoms with Crippen molar-refractivity contribution in [1.29, 1.82) is 0 Å². The third-order valence-electron chi connectivity index (χ3n) is 6.29. The third kappa shape index (κ3) is 6.12. The predicted octanol–water partition coefficient (Wildman–Crippen LogP) is 4.05. The predicted molar refractivity (Wildman–Crippen MR) is 126 cm³/mol. The lowest BCUT2D eigenvalue weighted by Crippen LogP contribution is -2.40. The highest BCUT2D eigenvalue weighted by molar-refractivity contribution is 7.89. The molecule has 178 valence electrons. The average Bonchev–Trinajstić information content (AvgIpc) is 3.54. The van der Waals surface area contributed by atoms with Crippen molar-refractivity contribution in [2.24, 2.45) is 0 Å². The van der Waals surface area contributed by atoms with E-state index in [2.05, 4.69) is 36.9 Å². The zero-order valence-electron chi connectivity index (χ0n) is 19.4. The maximum absolute atomic E-state index is 14.8. The van der Waals surface area contributed by atoms with Crippen LogP contribution in [0.25, 0.3) is 0 Å². The van der Waals surface area contributed by atoms with Gasteiger partial charge in [0.2, 0.25) is 10.0 Å². The summed E-state index contributed by atoms with van der Waals surface area (Å²) < 4.78 is 45.7. The van der Waals surface area contributed by atoms with Crippen LogP contribution >= 0.6 is 0 Å². The van der Waals surface area contributed by atoms with Crippen molar-refractivity contribution in [2.45, 2.75) is 58.1 Å². The van der Waals surface area contributed by atoms with Gasteiger partial charge in [-0.1, -0.05) is 23.8 Å². The molecular formula is C25H31FN2O4S. The van der Waals surface area contributed by atoms with E-state index in [-0.39, 0.29) is 17.6 Å². The molecule has 2 aromatic carbocycles. The Labute approximate surface area is 195 Å². The number of aryl methyl sites for hydroxylation is 2. The molecule has 6 nitrogen and oxygen atoms in total. The van der Waals surface area contributed by atoms with Gasteiger partial charge in [0.05, 0.1) is 11.8 Å². The number of halogens is 1. The second kappa shape index (κ2) is 9.43. The Balaban J connectivity index is 1.49. The Morgan fingerprint density at radius 3 is 2.61 bits per heavy atom. The largest absolute Gasteiger partial charge is 0.489 e.